The maximum absolute atomic E-state index is 10.6. The highest BCUT2D eigenvalue weighted by Gasteiger charge is 2.44. The summed E-state index contributed by atoms with van der Waals surface area (Å²) in [5, 5.41) is 14.5. The second kappa shape index (κ2) is 6.67. The minimum absolute atomic E-state index is 0.0166. The highest BCUT2D eigenvalue weighted by molar-refractivity contribution is 5.00. The lowest BCUT2D eigenvalue weighted by molar-refractivity contribution is -0.0202. The van der Waals surface area contributed by atoms with Gasteiger partial charge in [0.05, 0.1) is 6.10 Å². The first-order valence-corrected chi connectivity index (χ1v) is 10.2. The lowest BCUT2D eigenvalue weighted by Gasteiger charge is -2.51. The fraction of sp³-hybridized carbons (Fsp3) is 1.00. The van der Waals surface area contributed by atoms with E-state index in [0.717, 1.165) is 24.2 Å². The molecule has 0 aromatic carbocycles. The third kappa shape index (κ3) is 4.31. The van der Waals surface area contributed by atoms with E-state index in [4.69, 9.17) is 0 Å². The van der Waals surface area contributed by atoms with E-state index < -0.39 is 0 Å². The molecule has 3 rings (SSSR count). The Balaban J connectivity index is 1.67. The van der Waals surface area contributed by atoms with E-state index in [9.17, 15) is 5.11 Å². The van der Waals surface area contributed by atoms with Gasteiger partial charge >= 0.3 is 0 Å². The topological polar surface area (TPSA) is 32.3 Å². The third-order valence-electron chi connectivity index (χ3n) is 7.05. The Kier molecular flexibility index (Phi) is 5.14. The monoisotopic (exact) mass is 321 g/mol. The van der Waals surface area contributed by atoms with Crippen molar-refractivity contribution in [3.63, 3.8) is 0 Å². The van der Waals surface area contributed by atoms with Crippen LogP contribution < -0.4 is 5.32 Å². The molecule has 2 N–H and O–H groups in total. The Morgan fingerprint density at radius 3 is 1.96 bits per heavy atom. The summed E-state index contributed by atoms with van der Waals surface area (Å²) in [7, 11) is 0. The summed E-state index contributed by atoms with van der Waals surface area (Å²) in [5.74, 6) is 3.07. The summed E-state index contributed by atoms with van der Waals surface area (Å²) in [5.41, 5.74) is 0.506. The van der Waals surface area contributed by atoms with Crippen molar-refractivity contribution in [2.75, 3.05) is 0 Å². The van der Waals surface area contributed by atoms with Crippen molar-refractivity contribution in [3.05, 3.63) is 0 Å². The molecule has 2 heteroatoms. The molecular formula is C21H39NO. The summed E-state index contributed by atoms with van der Waals surface area (Å²) in [6.07, 6.45) is 13.1. The lowest BCUT2D eigenvalue weighted by Crippen LogP contribution is -2.59. The van der Waals surface area contributed by atoms with Gasteiger partial charge in [-0.3, -0.25) is 0 Å². The fourth-order valence-corrected chi connectivity index (χ4v) is 6.46. The molecule has 2 nitrogen and oxygen atoms in total. The Hall–Kier alpha value is -0.0800. The molecule has 0 bridgehead atoms. The van der Waals surface area contributed by atoms with E-state index in [0.29, 0.717) is 5.92 Å². The van der Waals surface area contributed by atoms with Crippen LogP contribution in [0.2, 0.25) is 0 Å². The number of piperidine rings is 1. The molecule has 0 amide bonds. The lowest BCUT2D eigenvalue weighted by atomic mass is 9.62. The maximum Gasteiger partial charge on any atom is 0.0571 e. The van der Waals surface area contributed by atoms with Gasteiger partial charge in [0.15, 0.2) is 0 Å². The van der Waals surface area contributed by atoms with Crippen molar-refractivity contribution >= 4 is 0 Å². The van der Waals surface area contributed by atoms with Gasteiger partial charge in [-0.15, -0.1) is 0 Å². The fourth-order valence-electron chi connectivity index (χ4n) is 6.46. The number of rotatable bonds is 2. The van der Waals surface area contributed by atoms with Crippen LogP contribution in [0, 0.1) is 23.7 Å². The maximum atomic E-state index is 10.6. The highest BCUT2D eigenvalue weighted by atomic mass is 16.3. The van der Waals surface area contributed by atoms with Crippen LogP contribution in [-0.4, -0.2) is 22.3 Å². The first-order valence-electron chi connectivity index (χ1n) is 10.2. The number of hydrogen-bond donors (Lipinski definition) is 2. The second-order valence-electron chi connectivity index (χ2n) is 10.3. The summed E-state index contributed by atoms with van der Waals surface area (Å²) >= 11 is 0. The van der Waals surface area contributed by atoms with Crippen molar-refractivity contribution in [2.45, 2.75) is 109 Å². The Morgan fingerprint density at radius 1 is 0.739 bits per heavy atom. The van der Waals surface area contributed by atoms with Crippen LogP contribution in [-0.2, 0) is 0 Å². The van der Waals surface area contributed by atoms with Crippen LogP contribution in [0.15, 0.2) is 0 Å². The largest absolute Gasteiger partial charge is 0.393 e. The van der Waals surface area contributed by atoms with Crippen LogP contribution in [0.25, 0.3) is 0 Å². The quantitative estimate of drug-likeness (QED) is 0.758. The van der Waals surface area contributed by atoms with E-state index in [1.807, 2.05) is 0 Å². The molecule has 1 saturated heterocycles. The van der Waals surface area contributed by atoms with Crippen molar-refractivity contribution in [1.82, 2.24) is 5.32 Å². The van der Waals surface area contributed by atoms with Gasteiger partial charge in [-0.05, 0) is 83.5 Å². The third-order valence-corrected chi connectivity index (χ3v) is 7.05. The molecule has 1 aliphatic heterocycles. The molecule has 2 aliphatic carbocycles. The predicted octanol–water partition coefficient (Wildman–Crippen LogP) is 4.90. The summed E-state index contributed by atoms with van der Waals surface area (Å²) < 4.78 is 0. The minimum atomic E-state index is -0.0166. The van der Waals surface area contributed by atoms with Crippen molar-refractivity contribution in [3.8, 4) is 0 Å². The molecule has 3 fully saturated rings. The van der Waals surface area contributed by atoms with Gasteiger partial charge in [0.1, 0.15) is 0 Å². The molecule has 0 radical (unpaired) electrons. The molecule has 134 valence electrons. The number of nitrogens with one attached hydrogen (secondary N) is 1. The predicted molar refractivity (Wildman–Crippen MR) is 97.4 cm³/mol. The number of aliphatic hydroxyl groups is 1. The van der Waals surface area contributed by atoms with E-state index >= 15 is 0 Å². The molecule has 0 aromatic heterocycles. The molecule has 3 atom stereocenters. The van der Waals surface area contributed by atoms with Crippen LogP contribution in [0.4, 0.5) is 0 Å². The van der Waals surface area contributed by atoms with Crippen LogP contribution in [0.5, 0.6) is 0 Å². The Labute approximate surface area is 143 Å². The SMILES string of the molecule is CC1(C)CC(C2CCC(O)C(C3CCCCC3)C2)CC(C)(C)N1. The normalized spacial score (nSPS) is 39.3. The number of hydrogen-bond acceptors (Lipinski definition) is 2. The van der Waals surface area contributed by atoms with Gasteiger partial charge in [0, 0.05) is 11.1 Å². The van der Waals surface area contributed by atoms with Gasteiger partial charge in [-0.25, -0.2) is 0 Å². The smallest absolute Gasteiger partial charge is 0.0571 e. The molecule has 0 spiro atoms. The highest BCUT2D eigenvalue weighted by Crippen LogP contribution is 2.47. The zero-order valence-corrected chi connectivity index (χ0v) is 15.9. The van der Waals surface area contributed by atoms with Gasteiger partial charge in [-0.1, -0.05) is 32.1 Å². The van der Waals surface area contributed by atoms with Crippen molar-refractivity contribution in [2.24, 2.45) is 23.7 Å². The van der Waals surface area contributed by atoms with E-state index in [2.05, 4.69) is 33.0 Å². The first-order chi connectivity index (χ1) is 10.8. The molecule has 2 saturated carbocycles. The zero-order valence-electron chi connectivity index (χ0n) is 15.9. The van der Waals surface area contributed by atoms with Crippen LogP contribution >= 0.6 is 0 Å². The summed E-state index contributed by atoms with van der Waals surface area (Å²) in [6.45, 7) is 9.49. The minimum Gasteiger partial charge on any atom is -0.393 e. The van der Waals surface area contributed by atoms with Crippen LogP contribution in [0.1, 0.15) is 91.9 Å². The number of aliphatic hydroxyl groups excluding tert-OH is 1. The van der Waals surface area contributed by atoms with E-state index in [1.165, 1.54) is 57.8 Å². The summed E-state index contributed by atoms with van der Waals surface area (Å²) in [6, 6.07) is 0. The second-order valence-corrected chi connectivity index (χ2v) is 10.3. The molecule has 0 aromatic rings. The standard InChI is InChI=1S/C21H39NO/c1-20(2)13-17(14-21(3,4)22-20)16-10-11-19(23)18(12-16)15-8-6-5-7-9-15/h15-19,22-23H,5-14H2,1-4H3. The Bertz CT molecular complexity index is 381. The van der Waals surface area contributed by atoms with E-state index in [-0.39, 0.29) is 17.2 Å². The molecule has 3 aliphatic rings. The van der Waals surface area contributed by atoms with E-state index in [1.54, 1.807) is 0 Å². The zero-order chi connectivity index (χ0) is 16.7. The average molecular weight is 322 g/mol. The first kappa shape index (κ1) is 17.7. The molecular weight excluding hydrogens is 282 g/mol. The Morgan fingerprint density at radius 2 is 1.35 bits per heavy atom. The van der Waals surface area contributed by atoms with Gasteiger partial charge in [0.25, 0.3) is 0 Å². The molecule has 3 unspecified atom stereocenters. The van der Waals surface area contributed by atoms with Gasteiger partial charge in [0.2, 0.25) is 0 Å². The van der Waals surface area contributed by atoms with Crippen molar-refractivity contribution < 1.29 is 5.11 Å². The van der Waals surface area contributed by atoms with Crippen molar-refractivity contribution in [1.29, 1.82) is 0 Å². The molecule has 23 heavy (non-hydrogen) atoms. The van der Waals surface area contributed by atoms with Crippen LogP contribution in [0.3, 0.4) is 0 Å². The summed E-state index contributed by atoms with van der Waals surface area (Å²) in [4.78, 5) is 0. The average Bonchev–Trinajstić information content (AvgIpc) is 2.45. The van der Waals surface area contributed by atoms with Gasteiger partial charge in [-0.2, -0.15) is 0 Å². The van der Waals surface area contributed by atoms with Gasteiger partial charge < -0.3 is 10.4 Å². The molecule has 1 heterocycles.